The van der Waals surface area contributed by atoms with Crippen LogP contribution in [0, 0.1) is 0 Å². The molecule has 0 saturated heterocycles. The van der Waals surface area contributed by atoms with Crippen LogP contribution in [0.1, 0.15) is 0 Å². The Labute approximate surface area is 56.0 Å². The van der Waals surface area contributed by atoms with Crippen molar-refractivity contribution in [2.24, 2.45) is 0 Å². The molecular formula is C3H2Cl2N3+. The van der Waals surface area contributed by atoms with Crippen molar-refractivity contribution in [3.63, 3.8) is 0 Å². The average molecular weight is 151 g/mol. The summed E-state index contributed by atoms with van der Waals surface area (Å²) in [5.41, 5.74) is 0. The first-order chi connectivity index (χ1) is 3.80. The van der Waals surface area contributed by atoms with Gasteiger partial charge in [-0.05, 0) is 11.6 Å². The maximum absolute atomic E-state index is 5.39. The fraction of sp³-hybridized carbons (Fsp3) is 0. The van der Waals surface area contributed by atoms with Gasteiger partial charge < -0.3 is 0 Å². The molecule has 3 nitrogen and oxygen atoms in total. The normalized spacial score (nSPS) is 9.25. The number of halogens is 2. The maximum Gasteiger partial charge on any atom is 0.354 e. The molecule has 0 unspecified atom stereocenters. The molecule has 0 bridgehead atoms. The van der Waals surface area contributed by atoms with Gasteiger partial charge in [0.15, 0.2) is 0 Å². The zero-order valence-corrected chi connectivity index (χ0v) is 5.26. The lowest BCUT2D eigenvalue weighted by molar-refractivity contribution is -0.524. The predicted molar refractivity (Wildman–Crippen MR) is 28.5 cm³/mol. The van der Waals surface area contributed by atoms with E-state index in [2.05, 4.69) is 9.97 Å². The number of nitrogens with zero attached hydrogens (tertiary/aromatic N) is 3. The van der Waals surface area contributed by atoms with Gasteiger partial charge in [0, 0.05) is 0 Å². The highest BCUT2D eigenvalue weighted by atomic mass is 35.5. The number of rotatable bonds is 0. The molecule has 0 aliphatic heterocycles. The molecule has 8 heavy (non-hydrogen) atoms. The summed E-state index contributed by atoms with van der Waals surface area (Å²) in [6.45, 7) is 0. The summed E-state index contributed by atoms with van der Waals surface area (Å²) in [4.78, 5) is 7.14. The zero-order valence-electron chi connectivity index (χ0n) is 3.75. The van der Waals surface area contributed by atoms with Gasteiger partial charge in [-0.1, -0.05) is 9.97 Å². The van der Waals surface area contributed by atoms with E-state index in [1.807, 2.05) is 0 Å². The second-order valence-corrected chi connectivity index (χ2v) is 1.79. The lowest BCUT2D eigenvalue weighted by Gasteiger charge is -1.79. The van der Waals surface area contributed by atoms with E-state index >= 15 is 0 Å². The van der Waals surface area contributed by atoms with Crippen LogP contribution in [-0.4, -0.2) is 9.97 Å². The summed E-state index contributed by atoms with van der Waals surface area (Å²) < 4.78 is 1.10. The summed E-state index contributed by atoms with van der Waals surface area (Å²) in [6, 6.07) is 0. The Morgan fingerprint density at radius 1 is 1.62 bits per heavy atom. The van der Waals surface area contributed by atoms with E-state index in [9.17, 15) is 0 Å². The lowest BCUT2D eigenvalue weighted by atomic mass is 11.1. The molecule has 0 aliphatic rings. The standard InChI is InChI=1S/C3H2Cl2N3/c4-3-7-1-6-2-8(3)5/h1-2H/q+1. The minimum atomic E-state index is 0.210. The van der Waals surface area contributed by atoms with Crippen molar-refractivity contribution >= 4 is 23.4 Å². The molecule has 1 rings (SSSR count). The maximum atomic E-state index is 5.39. The molecule has 0 amide bonds. The second-order valence-electron chi connectivity index (χ2n) is 1.09. The molecule has 0 aliphatic carbocycles. The van der Waals surface area contributed by atoms with Gasteiger partial charge in [0.2, 0.25) is 6.33 Å². The molecule has 42 valence electrons. The van der Waals surface area contributed by atoms with Crippen molar-refractivity contribution in [1.82, 2.24) is 9.97 Å². The van der Waals surface area contributed by atoms with Crippen LogP contribution in [0.25, 0.3) is 0 Å². The predicted octanol–water partition coefficient (Wildman–Crippen LogP) is 0.419. The fourth-order valence-corrected chi connectivity index (χ4v) is 0.453. The summed E-state index contributed by atoms with van der Waals surface area (Å²) >= 11 is 10.8. The Kier molecular flexibility index (Phi) is 1.60. The monoisotopic (exact) mass is 150 g/mol. The molecule has 1 heterocycles. The van der Waals surface area contributed by atoms with Gasteiger partial charge >= 0.3 is 5.28 Å². The largest absolute Gasteiger partial charge is 0.354 e. The Hall–Kier alpha value is -0.410. The van der Waals surface area contributed by atoms with Crippen LogP contribution in [0.3, 0.4) is 0 Å². The van der Waals surface area contributed by atoms with Gasteiger partial charge in [-0.25, -0.2) is 0 Å². The number of hydrogen-bond acceptors (Lipinski definition) is 2. The first-order valence-corrected chi connectivity index (χ1v) is 2.55. The van der Waals surface area contributed by atoms with E-state index in [1.54, 1.807) is 0 Å². The minimum absolute atomic E-state index is 0.210. The van der Waals surface area contributed by atoms with Gasteiger partial charge in [-0.2, -0.15) is 0 Å². The van der Waals surface area contributed by atoms with Crippen LogP contribution >= 0.6 is 23.4 Å². The van der Waals surface area contributed by atoms with Crippen LogP contribution in [0.4, 0.5) is 0 Å². The lowest BCUT2D eigenvalue weighted by Crippen LogP contribution is -2.22. The minimum Gasteiger partial charge on any atom is -0.121 e. The first-order valence-electron chi connectivity index (χ1n) is 1.84. The topological polar surface area (TPSA) is 29.7 Å². The highest BCUT2D eigenvalue weighted by Crippen LogP contribution is 1.90. The zero-order chi connectivity index (χ0) is 5.98. The van der Waals surface area contributed by atoms with Crippen molar-refractivity contribution < 1.29 is 4.09 Å². The molecule has 1 aromatic rings. The van der Waals surface area contributed by atoms with Crippen LogP contribution in [0.5, 0.6) is 0 Å². The summed E-state index contributed by atoms with van der Waals surface area (Å²) in [7, 11) is 0. The van der Waals surface area contributed by atoms with Crippen molar-refractivity contribution in [3.8, 4) is 0 Å². The van der Waals surface area contributed by atoms with E-state index < -0.39 is 0 Å². The van der Waals surface area contributed by atoms with Gasteiger partial charge in [0.1, 0.15) is 11.8 Å². The molecule has 0 spiro atoms. The van der Waals surface area contributed by atoms with Crippen LogP contribution in [0.15, 0.2) is 12.7 Å². The average Bonchev–Trinajstić information content (AvgIpc) is 1.77. The van der Waals surface area contributed by atoms with Crippen molar-refractivity contribution in [1.29, 1.82) is 0 Å². The Morgan fingerprint density at radius 3 is 2.75 bits per heavy atom. The van der Waals surface area contributed by atoms with E-state index in [1.165, 1.54) is 12.7 Å². The summed E-state index contributed by atoms with van der Waals surface area (Å²) in [5, 5.41) is 0.210. The molecule has 0 fully saturated rings. The second kappa shape index (κ2) is 2.24. The molecule has 0 N–H and O–H groups in total. The van der Waals surface area contributed by atoms with Crippen molar-refractivity contribution in [2.75, 3.05) is 0 Å². The van der Waals surface area contributed by atoms with E-state index in [-0.39, 0.29) is 5.28 Å². The van der Waals surface area contributed by atoms with Crippen LogP contribution in [-0.2, 0) is 0 Å². The van der Waals surface area contributed by atoms with Crippen LogP contribution in [0.2, 0.25) is 5.28 Å². The highest BCUT2D eigenvalue weighted by molar-refractivity contribution is 6.28. The van der Waals surface area contributed by atoms with Gasteiger partial charge in [-0.3, -0.25) is 0 Å². The third-order valence-corrected chi connectivity index (χ3v) is 1.19. The van der Waals surface area contributed by atoms with E-state index in [0.29, 0.717) is 0 Å². The molecular weight excluding hydrogens is 149 g/mol. The third-order valence-electron chi connectivity index (χ3n) is 0.575. The van der Waals surface area contributed by atoms with Crippen molar-refractivity contribution in [2.45, 2.75) is 0 Å². The summed E-state index contributed by atoms with van der Waals surface area (Å²) in [6.07, 6.45) is 2.68. The SMILES string of the molecule is Clc1ncnc[n+]1Cl. The molecule has 1 aromatic heterocycles. The number of hydrogen-bond donors (Lipinski definition) is 0. The van der Waals surface area contributed by atoms with Gasteiger partial charge in [0.05, 0.1) is 0 Å². The van der Waals surface area contributed by atoms with Gasteiger partial charge in [-0.15, -0.1) is 4.09 Å². The number of aromatic nitrogens is 3. The molecule has 0 atom stereocenters. The Morgan fingerprint density at radius 2 is 2.38 bits per heavy atom. The third kappa shape index (κ3) is 1.05. The Balaban J connectivity index is 3.13. The fourth-order valence-electron chi connectivity index (χ4n) is 0.272. The summed E-state index contributed by atoms with van der Waals surface area (Å²) in [5.74, 6) is 0. The molecule has 0 saturated carbocycles. The van der Waals surface area contributed by atoms with E-state index in [0.717, 1.165) is 4.09 Å². The van der Waals surface area contributed by atoms with E-state index in [4.69, 9.17) is 23.4 Å². The smallest absolute Gasteiger partial charge is 0.121 e. The highest BCUT2D eigenvalue weighted by Gasteiger charge is 2.00. The molecule has 5 heteroatoms. The Bertz CT molecular complexity index is 169. The first kappa shape index (κ1) is 5.72. The van der Waals surface area contributed by atoms with Crippen LogP contribution < -0.4 is 4.09 Å². The molecule has 0 aromatic carbocycles. The van der Waals surface area contributed by atoms with Crippen molar-refractivity contribution in [3.05, 3.63) is 17.9 Å². The molecule has 0 radical (unpaired) electrons. The quantitative estimate of drug-likeness (QED) is 0.537. The van der Waals surface area contributed by atoms with Gasteiger partial charge in [0.25, 0.3) is 6.33 Å².